The second-order valence-electron chi connectivity index (χ2n) is 6.86. The average molecular weight is 310 g/mol. The van der Waals surface area contributed by atoms with Crippen LogP contribution in [0.3, 0.4) is 0 Å². The van der Waals surface area contributed by atoms with Crippen LogP contribution in [0, 0.1) is 0 Å². The van der Waals surface area contributed by atoms with E-state index < -0.39 is 11.6 Å². The molecule has 3 nitrogen and oxygen atoms in total. The Kier molecular flexibility index (Phi) is 4.36. The van der Waals surface area contributed by atoms with Gasteiger partial charge in [-0.3, -0.25) is 4.79 Å². The van der Waals surface area contributed by atoms with Crippen LogP contribution in [-0.4, -0.2) is 33.4 Å². The number of hydrogen-bond acceptors (Lipinski definition) is 2. The first kappa shape index (κ1) is 16.3. The van der Waals surface area contributed by atoms with E-state index >= 15 is 0 Å². The minimum atomic E-state index is -0.482. The molecule has 21 heavy (non-hydrogen) atoms. The smallest absolute Gasteiger partial charge is 0.255 e. The van der Waals surface area contributed by atoms with Crippen LogP contribution in [0.25, 0.3) is 0 Å². The van der Waals surface area contributed by atoms with Gasteiger partial charge in [-0.05, 0) is 40.2 Å². The molecular weight excluding hydrogens is 286 g/mol. The molecule has 1 aliphatic rings. The lowest BCUT2D eigenvalue weighted by molar-refractivity contribution is -0.208. The third-order valence-electron chi connectivity index (χ3n) is 4.19. The van der Waals surface area contributed by atoms with E-state index in [0.29, 0.717) is 6.61 Å². The second-order valence-corrected chi connectivity index (χ2v) is 7.52. The van der Waals surface area contributed by atoms with Gasteiger partial charge in [0.25, 0.3) is 5.91 Å². The van der Waals surface area contributed by atoms with E-state index in [1.807, 2.05) is 69.9 Å². The van der Waals surface area contributed by atoms with Gasteiger partial charge in [0.2, 0.25) is 0 Å². The summed E-state index contributed by atoms with van der Waals surface area (Å²) in [5.41, 5.74) is 0.317. The predicted molar refractivity (Wildman–Crippen MR) is 85.3 cm³/mol. The fourth-order valence-electron chi connectivity index (χ4n) is 3.09. The lowest BCUT2D eigenvalue weighted by Crippen LogP contribution is -2.80. The number of ether oxygens (including phenoxy) is 1. The Labute approximate surface area is 132 Å². The van der Waals surface area contributed by atoms with Gasteiger partial charge in [0.15, 0.2) is 6.10 Å². The summed E-state index contributed by atoms with van der Waals surface area (Å²) in [5.74, 6) is 0.0217. The third-order valence-corrected chi connectivity index (χ3v) is 4.63. The molecule has 3 atom stereocenters. The summed E-state index contributed by atoms with van der Waals surface area (Å²) in [4.78, 5) is 14.3. The topological polar surface area (TPSA) is 29.5 Å². The number of likely N-dealkylation sites (tertiary alicyclic amines) is 1. The zero-order valence-electron chi connectivity index (χ0n) is 13.4. The lowest BCUT2D eigenvalue weighted by atomic mass is 9.75. The second kappa shape index (κ2) is 5.62. The van der Waals surface area contributed by atoms with E-state index in [2.05, 4.69) is 0 Å². The molecule has 0 aromatic heterocycles. The monoisotopic (exact) mass is 309 g/mol. The van der Waals surface area contributed by atoms with Gasteiger partial charge in [0, 0.05) is 5.54 Å². The Balaban J connectivity index is 2.14. The van der Waals surface area contributed by atoms with Crippen molar-refractivity contribution < 1.29 is 9.53 Å². The zero-order valence-corrected chi connectivity index (χ0v) is 14.1. The largest absolute Gasteiger partial charge is 0.361 e. The highest BCUT2D eigenvalue weighted by Crippen LogP contribution is 2.44. The minimum absolute atomic E-state index is 0.0217. The van der Waals surface area contributed by atoms with Gasteiger partial charge in [0.05, 0.1) is 17.5 Å². The Hall–Kier alpha value is -1.06. The van der Waals surface area contributed by atoms with Crippen LogP contribution < -0.4 is 0 Å². The van der Waals surface area contributed by atoms with Gasteiger partial charge in [-0.1, -0.05) is 30.3 Å². The molecule has 1 heterocycles. The van der Waals surface area contributed by atoms with Gasteiger partial charge in [-0.25, -0.2) is 0 Å². The number of nitrogens with zero attached hydrogens (tertiary/aromatic N) is 1. The van der Waals surface area contributed by atoms with E-state index in [9.17, 15) is 4.79 Å². The first-order valence-electron chi connectivity index (χ1n) is 7.33. The third kappa shape index (κ3) is 2.82. The molecule has 116 valence electrons. The van der Waals surface area contributed by atoms with Gasteiger partial charge in [-0.2, -0.15) is 0 Å². The number of hydrogen-bond donors (Lipinski definition) is 0. The summed E-state index contributed by atoms with van der Waals surface area (Å²) >= 11 is 6.39. The van der Waals surface area contributed by atoms with Crippen LogP contribution in [0.5, 0.6) is 0 Å². The number of carbonyl (C=O) groups is 1. The van der Waals surface area contributed by atoms with Gasteiger partial charge >= 0.3 is 0 Å². The van der Waals surface area contributed by atoms with Crippen LogP contribution in [0.1, 0.15) is 40.2 Å². The van der Waals surface area contributed by atoms with Crippen molar-refractivity contribution in [2.24, 2.45) is 0 Å². The highest BCUT2D eigenvalue weighted by atomic mass is 35.5. The maximum atomic E-state index is 12.5. The molecule has 1 saturated heterocycles. The maximum absolute atomic E-state index is 12.5. The van der Waals surface area contributed by atoms with E-state index in [1.165, 1.54) is 0 Å². The molecule has 1 aliphatic heterocycles. The molecule has 0 saturated carbocycles. The Morgan fingerprint density at radius 2 is 1.90 bits per heavy atom. The summed E-state index contributed by atoms with van der Waals surface area (Å²) in [7, 11) is 0. The van der Waals surface area contributed by atoms with Crippen LogP contribution in [0.2, 0.25) is 0 Å². The average Bonchev–Trinajstić information content (AvgIpc) is 2.37. The van der Waals surface area contributed by atoms with Crippen molar-refractivity contribution in [3.8, 4) is 0 Å². The summed E-state index contributed by atoms with van der Waals surface area (Å²) in [6.45, 7) is 10.4. The van der Waals surface area contributed by atoms with Crippen molar-refractivity contribution in [3.63, 3.8) is 0 Å². The molecule has 1 fully saturated rings. The summed E-state index contributed by atoms with van der Waals surface area (Å²) in [6.07, 6.45) is -0.482. The van der Waals surface area contributed by atoms with E-state index in [4.69, 9.17) is 16.3 Å². The fraction of sp³-hybridized carbons (Fsp3) is 0.588. The highest BCUT2D eigenvalue weighted by molar-refractivity contribution is 6.22. The molecule has 2 rings (SSSR count). The van der Waals surface area contributed by atoms with E-state index in [1.54, 1.807) is 0 Å². The number of rotatable bonds is 4. The van der Waals surface area contributed by atoms with Gasteiger partial charge < -0.3 is 9.64 Å². The Bertz CT molecular complexity index is 509. The maximum Gasteiger partial charge on any atom is 0.255 e. The molecule has 0 radical (unpaired) electrons. The molecule has 1 amide bonds. The number of carbonyl (C=O) groups excluding carboxylic acids is 1. The Morgan fingerprint density at radius 1 is 1.33 bits per heavy atom. The van der Waals surface area contributed by atoms with Crippen molar-refractivity contribution in [2.45, 2.75) is 63.8 Å². The van der Waals surface area contributed by atoms with Crippen molar-refractivity contribution in [1.29, 1.82) is 0 Å². The number of benzene rings is 1. The first-order valence-corrected chi connectivity index (χ1v) is 7.76. The molecule has 0 aliphatic carbocycles. The minimum Gasteiger partial charge on any atom is -0.361 e. The normalized spacial score (nSPS) is 27.4. The van der Waals surface area contributed by atoms with Crippen molar-refractivity contribution in [3.05, 3.63) is 35.9 Å². The fourth-order valence-corrected chi connectivity index (χ4v) is 3.30. The molecular formula is C17H24ClNO2. The molecule has 0 unspecified atom stereocenters. The molecule has 0 bridgehead atoms. The first-order chi connectivity index (χ1) is 9.69. The summed E-state index contributed by atoms with van der Waals surface area (Å²) in [6, 6.07) is 9.88. The van der Waals surface area contributed by atoms with Crippen LogP contribution in [0.15, 0.2) is 30.3 Å². The summed E-state index contributed by atoms with van der Waals surface area (Å²) < 4.78 is 5.90. The number of β-lactam (4-membered cyclic amide) rings is 1. The number of alkyl halides is 1. The molecule has 1 aromatic rings. The summed E-state index contributed by atoms with van der Waals surface area (Å²) in [5, 5.41) is -0.185. The van der Waals surface area contributed by atoms with Crippen molar-refractivity contribution >= 4 is 17.5 Å². The van der Waals surface area contributed by atoms with Crippen molar-refractivity contribution in [2.75, 3.05) is 0 Å². The Morgan fingerprint density at radius 3 is 2.38 bits per heavy atom. The molecule has 0 spiro atoms. The lowest BCUT2D eigenvalue weighted by Gasteiger charge is -2.61. The van der Waals surface area contributed by atoms with E-state index in [0.717, 1.165) is 5.56 Å². The van der Waals surface area contributed by atoms with Crippen LogP contribution in [0.4, 0.5) is 0 Å². The van der Waals surface area contributed by atoms with Gasteiger partial charge in [0.1, 0.15) is 0 Å². The number of amides is 1. The van der Waals surface area contributed by atoms with Crippen LogP contribution >= 0.6 is 11.6 Å². The predicted octanol–water partition coefficient (Wildman–Crippen LogP) is 3.60. The molecule has 4 heteroatoms. The highest BCUT2D eigenvalue weighted by Gasteiger charge is 2.63. The number of halogens is 1. The standard InChI is InChI=1S/C17H24ClNO2/c1-12(18)17(5)14(15(20)19(17)16(2,3)4)21-11-13-9-7-6-8-10-13/h6-10,12,14H,11H2,1-5H3/t12-,14+,17+/m1/s1. The van der Waals surface area contributed by atoms with Gasteiger partial charge in [-0.15, -0.1) is 11.6 Å². The SMILES string of the molecule is C[C@@H](Cl)[C@@]1(C)[C@@H](OCc2ccccc2)C(=O)N1C(C)(C)C. The molecule has 1 aromatic carbocycles. The van der Waals surface area contributed by atoms with E-state index in [-0.39, 0.29) is 16.8 Å². The van der Waals surface area contributed by atoms with Crippen LogP contribution in [-0.2, 0) is 16.1 Å². The quantitative estimate of drug-likeness (QED) is 0.628. The zero-order chi connectivity index (χ0) is 15.8. The molecule has 0 N–H and O–H groups in total. The van der Waals surface area contributed by atoms with Crippen molar-refractivity contribution in [1.82, 2.24) is 4.90 Å².